The van der Waals surface area contributed by atoms with Crippen LogP contribution >= 0.6 is 0 Å². The minimum Gasteiger partial charge on any atom is -0.459 e. The molecule has 118 valence electrons. The number of anilines is 1. The van der Waals surface area contributed by atoms with Crippen molar-refractivity contribution in [1.29, 1.82) is 0 Å². The van der Waals surface area contributed by atoms with Crippen molar-refractivity contribution in [3.63, 3.8) is 0 Å². The maximum Gasteiger partial charge on any atom is 0.329 e. The highest BCUT2D eigenvalue weighted by Crippen LogP contribution is 2.13. The number of furan rings is 1. The van der Waals surface area contributed by atoms with Gasteiger partial charge in [-0.25, -0.2) is 5.43 Å². The Morgan fingerprint density at radius 3 is 2.61 bits per heavy atom. The highest BCUT2D eigenvalue weighted by atomic mass is 16.3. The van der Waals surface area contributed by atoms with Gasteiger partial charge in [0.15, 0.2) is 5.76 Å². The monoisotopic (exact) mass is 314 g/mol. The Kier molecular flexibility index (Phi) is 4.88. The van der Waals surface area contributed by atoms with Crippen LogP contribution in [0.5, 0.6) is 0 Å². The van der Waals surface area contributed by atoms with E-state index in [0.717, 1.165) is 0 Å². The highest BCUT2D eigenvalue weighted by Gasteiger charge is 2.10. The van der Waals surface area contributed by atoms with Gasteiger partial charge in [0.1, 0.15) is 0 Å². The molecule has 2 aromatic rings. The van der Waals surface area contributed by atoms with Gasteiger partial charge in [-0.1, -0.05) is 12.1 Å². The van der Waals surface area contributed by atoms with Gasteiger partial charge in [0.25, 0.3) is 5.91 Å². The molecule has 0 bridgehead atoms. The molecule has 0 atom stereocenters. The van der Waals surface area contributed by atoms with Crippen LogP contribution in [0.25, 0.3) is 0 Å². The molecule has 0 aliphatic rings. The van der Waals surface area contributed by atoms with Crippen LogP contribution in [-0.4, -0.2) is 23.4 Å². The fourth-order valence-electron chi connectivity index (χ4n) is 1.68. The van der Waals surface area contributed by atoms with Crippen molar-refractivity contribution >= 4 is 29.1 Å². The summed E-state index contributed by atoms with van der Waals surface area (Å²) >= 11 is 0. The number of rotatable bonds is 4. The lowest BCUT2D eigenvalue weighted by Crippen LogP contribution is -2.33. The Bertz CT molecular complexity index is 766. The number of primary amides is 1. The van der Waals surface area contributed by atoms with Crippen molar-refractivity contribution in [3.05, 3.63) is 54.0 Å². The first-order valence-corrected chi connectivity index (χ1v) is 6.56. The summed E-state index contributed by atoms with van der Waals surface area (Å²) in [4.78, 5) is 33.6. The summed E-state index contributed by atoms with van der Waals surface area (Å²) < 4.78 is 5.01. The van der Waals surface area contributed by atoms with E-state index in [0.29, 0.717) is 17.0 Å². The Labute approximate surface area is 131 Å². The number of benzene rings is 1. The minimum atomic E-state index is -1.12. The Morgan fingerprint density at radius 1 is 1.17 bits per heavy atom. The summed E-state index contributed by atoms with van der Waals surface area (Å²) in [6.07, 6.45) is 1.41. The highest BCUT2D eigenvalue weighted by molar-refractivity contribution is 6.34. The smallest absolute Gasteiger partial charge is 0.329 e. The number of hydrogen-bond donors (Lipinski definition) is 3. The van der Waals surface area contributed by atoms with E-state index in [-0.39, 0.29) is 11.7 Å². The van der Waals surface area contributed by atoms with E-state index in [1.165, 1.54) is 6.26 Å². The molecule has 0 aliphatic carbocycles. The van der Waals surface area contributed by atoms with Crippen molar-refractivity contribution in [2.75, 3.05) is 5.32 Å². The lowest BCUT2D eigenvalue weighted by Gasteiger charge is -2.06. The van der Waals surface area contributed by atoms with E-state index in [4.69, 9.17) is 10.2 Å². The summed E-state index contributed by atoms with van der Waals surface area (Å²) in [5, 5.41) is 6.44. The van der Waals surface area contributed by atoms with E-state index in [1.54, 1.807) is 43.3 Å². The van der Waals surface area contributed by atoms with Gasteiger partial charge >= 0.3 is 11.8 Å². The number of carbonyl (C=O) groups excluding carboxylic acids is 3. The third kappa shape index (κ3) is 4.27. The van der Waals surface area contributed by atoms with Crippen LogP contribution in [0.4, 0.5) is 5.69 Å². The fourth-order valence-corrected chi connectivity index (χ4v) is 1.68. The number of nitrogens with one attached hydrogen (secondary N) is 2. The number of hydrazone groups is 1. The first kappa shape index (κ1) is 16.0. The molecule has 4 N–H and O–H groups in total. The lowest BCUT2D eigenvalue weighted by atomic mass is 10.1. The third-order valence-electron chi connectivity index (χ3n) is 2.83. The van der Waals surface area contributed by atoms with Crippen molar-refractivity contribution in [2.24, 2.45) is 10.8 Å². The predicted molar refractivity (Wildman–Crippen MR) is 82.7 cm³/mol. The van der Waals surface area contributed by atoms with Crippen molar-refractivity contribution < 1.29 is 18.8 Å². The number of amides is 3. The van der Waals surface area contributed by atoms with Gasteiger partial charge in [-0.15, -0.1) is 0 Å². The zero-order chi connectivity index (χ0) is 16.8. The molecule has 0 radical (unpaired) electrons. The van der Waals surface area contributed by atoms with Gasteiger partial charge in [0, 0.05) is 5.69 Å². The standard InChI is InChI=1S/C15H14N4O4/c1-9(18-19-15(22)13(16)20)10-4-2-5-11(8-10)17-14(21)12-6-3-7-23-12/h2-8H,1H3,(H2,16,20)(H,17,21)(H,19,22). The van der Waals surface area contributed by atoms with Gasteiger partial charge < -0.3 is 15.5 Å². The van der Waals surface area contributed by atoms with E-state index < -0.39 is 11.8 Å². The van der Waals surface area contributed by atoms with E-state index in [1.807, 2.05) is 5.43 Å². The van der Waals surface area contributed by atoms with E-state index >= 15 is 0 Å². The number of nitrogens with zero attached hydrogens (tertiary/aromatic N) is 1. The maximum atomic E-state index is 11.9. The summed E-state index contributed by atoms with van der Waals surface area (Å²) in [7, 11) is 0. The van der Waals surface area contributed by atoms with Crippen LogP contribution < -0.4 is 16.5 Å². The molecule has 0 saturated carbocycles. The van der Waals surface area contributed by atoms with Crippen molar-refractivity contribution in [2.45, 2.75) is 6.92 Å². The second-order valence-corrected chi connectivity index (χ2v) is 4.51. The molecule has 0 spiro atoms. The molecule has 0 saturated heterocycles. The molecule has 8 heteroatoms. The first-order valence-electron chi connectivity index (χ1n) is 6.56. The largest absolute Gasteiger partial charge is 0.459 e. The average Bonchev–Trinajstić information content (AvgIpc) is 3.07. The molecule has 0 aliphatic heterocycles. The maximum absolute atomic E-state index is 11.9. The van der Waals surface area contributed by atoms with Crippen LogP contribution in [0.15, 0.2) is 52.2 Å². The number of carbonyl (C=O) groups is 3. The molecule has 1 heterocycles. The summed E-state index contributed by atoms with van der Waals surface area (Å²) in [5.74, 6) is -2.33. The molecule has 8 nitrogen and oxygen atoms in total. The Hall–Kier alpha value is -3.42. The normalized spacial score (nSPS) is 10.9. The second-order valence-electron chi connectivity index (χ2n) is 4.51. The summed E-state index contributed by atoms with van der Waals surface area (Å²) in [6.45, 7) is 1.63. The van der Waals surface area contributed by atoms with E-state index in [2.05, 4.69) is 10.4 Å². The minimum absolute atomic E-state index is 0.189. The molecular weight excluding hydrogens is 300 g/mol. The molecule has 1 aromatic carbocycles. The van der Waals surface area contributed by atoms with Gasteiger partial charge in [-0.2, -0.15) is 5.10 Å². The third-order valence-corrected chi connectivity index (χ3v) is 2.83. The van der Waals surface area contributed by atoms with Crippen molar-refractivity contribution in [3.8, 4) is 0 Å². The number of hydrogen-bond acceptors (Lipinski definition) is 5. The summed E-state index contributed by atoms with van der Waals surface area (Å²) in [5.41, 5.74) is 8.46. The molecule has 2 rings (SSSR count). The summed E-state index contributed by atoms with van der Waals surface area (Å²) in [6, 6.07) is 9.96. The Morgan fingerprint density at radius 2 is 1.96 bits per heavy atom. The molecule has 23 heavy (non-hydrogen) atoms. The number of nitrogens with two attached hydrogens (primary N) is 1. The van der Waals surface area contributed by atoms with E-state index in [9.17, 15) is 14.4 Å². The molecular formula is C15H14N4O4. The zero-order valence-corrected chi connectivity index (χ0v) is 12.2. The van der Waals surface area contributed by atoms with Gasteiger partial charge in [-0.3, -0.25) is 14.4 Å². The van der Waals surface area contributed by atoms with Crippen LogP contribution in [0.2, 0.25) is 0 Å². The van der Waals surface area contributed by atoms with Gasteiger partial charge in [0.2, 0.25) is 0 Å². The average molecular weight is 314 g/mol. The molecule has 3 amide bonds. The van der Waals surface area contributed by atoms with Crippen LogP contribution in [0.1, 0.15) is 23.0 Å². The Balaban J connectivity index is 2.10. The zero-order valence-electron chi connectivity index (χ0n) is 12.2. The molecule has 0 unspecified atom stereocenters. The van der Waals surface area contributed by atoms with Crippen LogP contribution in [-0.2, 0) is 9.59 Å². The van der Waals surface area contributed by atoms with Gasteiger partial charge in [0.05, 0.1) is 12.0 Å². The van der Waals surface area contributed by atoms with Crippen LogP contribution in [0.3, 0.4) is 0 Å². The van der Waals surface area contributed by atoms with Crippen molar-refractivity contribution in [1.82, 2.24) is 5.43 Å². The second kappa shape index (κ2) is 7.03. The molecule has 0 fully saturated rings. The molecule has 1 aromatic heterocycles. The lowest BCUT2D eigenvalue weighted by molar-refractivity contribution is -0.137. The predicted octanol–water partition coefficient (Wildman–Crippen LogP) is 0.857. The topological polar surface area (TPSA) is 127 Å². The SMILES string of the molecule is CC(=NNC(=O)C(N)=O)c1cccc(NC(=O)c2ccco2)c1. The first-order chi connectivity index (χ1) is 11.0. The van der Waals surface area contributed by atoms with Gasteiger partial charge in [-0.05, 0) is 36.8 Å². The fraction of sp³-hybridized carbons (Fsp3) is 0.0667. The van der Waals surface area contributed by atoms with Crippen LogP contribution in [0, 0.1) is 0 Å². The quantitative estimate of drug-likeness (QED) is 0.439.